The van der Waals surface area contributed by atoms with Crippen LogP contribution < -0.4 is 4.74 Å². The minimum absolute atomic E-state index is 0.00122. The Morgan fingerprint density at radius 3 is 2.04 bits per heavy atom. The van der Waals surface area contributed by atoms with E-state index in [9.17, 15) is 17.6 Å². The molecule has 0 saturated heterocycles. The van der Waals surface area contributed by atoms with Crippen LogP contribution in [0.1, 0.15) is 11.1 Å². The highest BCUT2D eigenvalue weighted by Crippen LogP contribution is 2.14. The van der Waals surface area contributed by atoms with Crippen molar-refractivity contribution in [3.8, 4) is 5.75 Å². The molecule has 27 heavy (non-hydrogen) atoms. The van der Waals surface area contributed by atoms with Crippen molar-refractivity contribution >= 4 is 15.9 Å². The van der Waals surface area contributed by atoms with E-state index < -0.39 is 15.8 Å². The number of nitrogens with zero attached hydrogens (tertiary/aromatic N) is 2. The lowest BCUT2D eigenvalue weighted by Crippen LogP contribution is -2.40. The van der Waals surface area contributed by atoms with Gasteiger partial charge in [-0.05, 0) is 35.4 Å². The molecule has 0 aliphatic carbocycles. The molecule has 0 spiro atoms. The monoisotopic (exact) mass is 394 g/mol. The molecule has 2 rings (SSSR count). The van der Waals surface area contributed by atoms with Gasteiger partial charge in [0, 0.05) is 20.1 Å². The molecule has 0 heterocycles. The fourth-order valence-electron chi connectivity index (χ4n) is 2.45. The van der Waals surface area contributed by atoms with Crippen molar-refractivity contribution in [3.63, 3.8) is 0 Å². The normalized spacial score (nSPS) is 11.4. The molecule has 6 nitrogen and oxygen atoms in total. The lowest BCUT2D eigenvalue weighted by Gasteiger charge is -2.23. The van der Waals surface area contributed by atoms with Crippen molar-refractivity contribution in [2.45, 2.75) is 13.1 Å². The number of carbonyl (C=O) groups excluding carboxylic acids is 1. The molecule has 0 N–H and O–H groups in total. The van der Waals surface area contributed by atoms with Crippen molar-refractivity contribution < 1.29 is 22.3 Å². The first-order chi connectivity index (χ1) is 12.7. The van der Waals surface area contributed by atoms with E-state index in [-0.39, 0.29) is 19.0 Å². The molecule has 2 aromatic carbocycles. The van der Waals surface area contributed by atoms with Crippen LogP contribution in [-0.4, -0.2) is 50.5 Å². The topological polar surface area (TPSA) is 66.9 Å². The van der Waals surface area contributed by atoms with Gasteiger partial charge in [-0.1, -0.05) is 24.3 Å². The standard InChI is InChI=1S/C19H23FN2O4S/c1-21(12-15-6-10-18(26-2)11-7-15)19(23)14-22(27(3,24)25)13-16-4-8-17(20)9-5-16/h4-11H,12-14H2,1-3H3. The number of carbonyl (C=O) groups is 1. The Morgan fingerprint density at radius 1 is 1.00 bits per heavy atom. The van der Waals surface area contributed by atoms with Crippen LogP contribution in [0.15, 0.2) is 48.5 Å². The summed E-state index contributed by atoms with van der Waals surface area (Å²) in [4.78, 5) is 14.0. The van der Waals surface area contributed by atoms with E-state index in [0.29, 0.717) is 12.1 Å². The van der Waals surface area contributed by atoms with E-state index in [1.165, 1.54) is 29.2 Å². The van der Waals surface area contributed by atoms with Crippen molar-refractivity contribution in [1.82, 2.24) is 9.21 Å². The molecule has 0 atom stereocenters. The summed E-state index contributed by atoms with van der Waals surface area (Å²) in [5, 5.41) is 0. The maximum Gasteiger partial charge on any atom is 0.237 e. The third kappa shape index (κ3) is 6.33. The molecule has 0 aromatic heterocycles. The summed E-state index contributed by atoms with van der Waals surface area (Å²) in [7, 11) is -0.417. The number of halogens is 1. The van der Waals surface area contributed by atoms with Gasteiger partial charge in [-0.2, -0.15) is 4.31 Å². The van der Waals surface area contributed by atoms with Gasteiger partial charge in [0.05, 0.1) is 19.9 Å². The highest BCUT2D eigenvalue weighted by molar-refractivity contribution is 7.88. The summed E-state index contributed by atoms with van der Waals surface area (Å²) in [6.45, 7) is 0.0566. The first-order valence-electron chi connectivity index (χ1n) is 8.25. The van der Waals surface area contributed by atoms with E-state index in [1.807, 2.05) is 12.1 Å². The molecule has 146 valence electrons. The Labute approximate surface area is 159 Å². The van der Waals surface area contributed by atoms with E-state index in [2.05, 4.69) is 0 Å². The third-order valence-electron chi connectivity index (χ3n) is 4.06. The molecule has 2 aromatic rings. The van der Waals surface area contributed by atoms with Gasteiger partial charge in [0.15, 0.2) is 0 Å². The third-order valence-corrected chi connectivity index (χ3v) is 5.25. The molecule has 0 unspecified atom stereocenters. The number of methoxy groups -OCH3 is 1. The Bertz CT molecular complexity index is 868. The zero-order chi connectivity index (χ0) is 20.0. The second-order valence-electron chi connectivity index (χ2n) is 6.26. The summed E-state index contributed by atoms with van der Waals surface area (Å²) in [6, 6.07) is 12.8. The molecule has 0 fully saturated rings. The Hall–Kier alpha value is -2.45. The predicted molar refractivity (Wildman–Crippen MR) is 101 cm³/mol. The van der Waals surface area contributed by atoms with Crippen LogP contribution >= 0.6 is 0 Å². The zero-order valence-electron chi connectivity index (χ0n) is 15.6. The number of likely N-dealkylation sites (N-methyl/N-ethyl adjacent to an activating group) is 1. The van der Waals surface area contributed by atoms with Crippen LogP contribution in [-0.2, 0) is 27.9 Å². The zero-order valence-corrected chi connectivity index (χ0v) is 16.4. The largest absolute Gasteiger partial charge is 0.497 e. The number of rotatable bonds is 8. The van der Waals surface area contributed by atoms with Crippen molar-refractivity contribution in [1.29, 1.82) is 0 Å². The van der Waals surface area contributed by atoms with Gasteiger partial charge in [0.25, 0.3) is 0 Å². The molecule has 0 aliphatic heterocycles. The van der Waals surface area contributed by atoms with Crippen LogP contribution in [0.5, 0.6) is 5.75 Å². The summed E-state index contributed by atoms with van der Waals surface area (Å²) in [5.41, 5.74) is 1.50. The van der Waals surface area contributed by atoms with Gasteiger partial charge >= 0.3 is 0 Å². The molecule has 0 radical (unpaired) electrons. The van der Waals surface area contributed by atoms with Crippen LogP contribution in [0.3, 0.4) is 0 Å². The predicted octanol–water partition coefficient (Wildman–Crippen LogP) is 2.25. The van der Waals surface area contributed by atoms with E-state index >= 15 is 0 Å². The molecule has 1 amide bonds. The maximum atomic E-state index is 13.0. The average Bonchev–Trinajstić information content (AvgIpc) is 2.62. The smallest absolute Gasteiger partial charge is 0.237 e. The SMILES string of the molecule is COc1ccc(CN(C)C(=O)CN(Cc2ccc(F)cc2)S(C)(=O)=O)cc1. The van der Waals surface area contributed by atoms with Crippen LogP contribution in [0.4, 0.5) is 4.39 Å². The number of benzene rings is 2. The molecular formula is C19H23FN2O4S. The highest BCUT2D eigenvalue weighted by atomic mass is 32.2. The summed E-state index contributed by atoms with van der Waals surface area (Å²) in [6.07, 6.45) is 1.05. The molecular weight excluding hydrogens is 371 g/mol. The van der Waals surface area contributed by atoms with Crippen molar-refractivity contribution in [3.05, 3.63) is 65.5 Å². The number of sulfonamides is 1. The minimum Gasteiger partial charge on any atom is -0.497 e. The molecule has 0 bridgehead atoms. The first-order valence-corrected chi connectivity index (χ1v) is 10.1. The van der Waals surface area contributed by atoms with E-state index in [1.54, 1.807) is 26.3 Å². The van der Waals surface area contributed by atoms with Gasteiger partial charge in [-0.25, -0.2) is 12.8 Å². The number of ether oxygens (including phenoxy) is 1. The lowest BCUT2D eigenvalue weighted by atomic mass is 10.2. The van der Waals surface area contributed by atoms with Gasteiger partial charge in [-0.15, -0.1) is 0 Å². The number of amides is 1. The van der Waals surface area contributed by atoms with Gasteiger partial charge < -0.3 is 9.64 Å². The Kier molecular flexibility index (Phi) is 6.92. The lowest BCUT2D eigenvalue weighted by molar-refractivity contribution is -0.130. The summed E-state index contributed by atoms with van der Waals surface area (Å²) in [5.74, 6) is -0.0198. The van der Waals surface area contributed by atoms with Crippen LogP contribution in [0.2, 0.25) is 0 Å². The van der Waals surface area contributed by atoms with Crippen molar-refractivity contribution in [2.75, 3.05) is 27.0 Å². The van der Waals surface area contributed by atoms with Gasteiger partial charge in [-0.3, -0.25) is 4.79 Å². The van der Waals surface area contributed by atoms with Crippen LogP contribution in [0.25, 0.3) is 0 Å². The average molecular weight is 394 g/mol. The molecule has 8 heteroatoms. The molecule has 0 saturated carbocycles. The number of hydrogen-bond donors (Lipinski definition) is 0. The maximum absolute atomic E-state index is 13.0. The summed E-state index contributed by atoms with van der Waals surface area (Å²) < 4.78 is 43.3. The molecule has 0 aliphatic rings. The number of hydrogen-bond acceptors (Lipinski definition) is 4. The van der Waals surface area contributed by atoms with E-state index in [4.69, 9.17) is 4.74 Å². The van der Waals surface area contributed by atoms with Gasteiger partial charge in [0.1, 0.15) is 11.6 Å². The van der Waals surface area contributed by atoms with E-state index in [0.717, 1.165) is 21.9 Å². The second kappa shape index (κ2) is 8.96. The quantitative estimate of drug-likeness (QED) is 0.689. The van der Waals surface area contributed by atoms with Crippen molar-refractivity contribution in [2.24, 2.45) is 0 Å². The fraction of sp³-hybridized carbons (Fsp3) is 0.316. The van der Waals surface area contributed by atoms with Crippen LogP contribution in [0, 0.1) is 5.82 Å². The second-order valence-corrected chi connectivity index (χ2v) is 8.24. The Morgan fingerprint density at radius 2 is 1.52 bits per heavy atom. The minimum atomic E-state index is -3.61. The van der Waals surface area contributed by atoms with Gasteiger partial charge in [0.2, 0.25) is 15.9 Å². The Balaban J connectivity index is 2.04. The highest BCUT2D eigenvalue weighted by Gasteiger charge is 2.22. The summed E-state index contributed by atoms with van der Waals surface area (Å²) >= 11 is 0. The first kappa shape index (κ1) is 20.9. The fourth-order valence-corrected chi connectivity index (χ4v) is 3.18.